The minimum atomic E-state index is -0.156. The van der Waals surface area contributed by atoms with Crippen molar-refractivity contribution in [1.29, 1.82) is 0 Å². The van der Waals surface area contributed by atoms with Gasteiger partial charge in [-0.3, -0.25) is 0 Å². The smallest absolute Gasteiger partial charge is 0.0471 e. The van der Waals surface area contributed by atoms with Crippen LogP contribution in [0, 0.1) is 10.8 Å². The molecule has 3 heteroatoms. The Kier molecular flexibility index (Phi) is 4.61. The lowest BCUT2D eigenvalue weighted by Gasteiger charge is -2.40. The molecule has 0 saturated carbocycles. The molecular formula is C14H30N2O. The molecule has 102 valence electrons. The molecule has 1 saturated heterocycles. The molecule has 1 rings (SSSR count). The summed E-state index contributed by atoms with van der Waals surface area (Å²) in [5, 5.41) is 3.61. The van der Waals surface area contributed by atoms with E-state index in [1.165, 1.54) is 0 Å². The third-order valence-corrected chi connectivity index (χ3v) is 4.56. The molecular weight excluding hydrogens is 212 g/mol. The van der Waals surface area contributed by atoms with E-state index in [1.54, 1.807) is 0 Å². The topological polar surface area (TPSA) is 47.3 Å². The van der Waals surface area contributed by atoms with Crippen molar-refractivity contribution in [3.8, 4) is 0 Å². The zero-order valence-electron chi connectivity index (χ0n) is 12.2. The average Bonchev–Trinajstić information content (AvgIpc) is 2.16. The van der Waals surface area contributed by atoms with E-state index >= 15 is 0 Å². The molecule has 1 aliphatic heterocycles. The average molecular weight is 242 g/mol. The molecule has 1 aliphatic rings. The molecule has 0 atom stereocenters. The van der Waals surface area contributed by atoms with Crippen LogP contribution in [-0.4, -0.2) is 31.8 Å². The molecule has 0 aromatic rings. The SMILES string of the molecule is CC1(CNCC(C)(C)C(C)(C)N)CCOCC1. The second-order valence-corrected chi connectivity index (χ2v) is 7.13. The maximum absolute atomic E-state index is 6.21. The Balaban J connectivity index is 2.36. The number of nitrogens with one attached hydrogen (secondary N) is 1. The Morgan fingerprint density at radius 1 is 1.18 bits per heavy atom. The fourth-order valence-corrected chi connectivity index (χ4v) is 1.95. The molecule has 0 aromatic heterocycles. The van der Waals surface area contributed by atoms with Crippen molar-refractivity contribution in [2.45, 2.75) is 53.0 Å². The number of hydrogen-bond donors (Lipinski definition) is 2. The molecule has 0 unspecified atom stereocenters. The van der Waals surface area contributed by atoms with E-state index in [9.17, 15) is 0 Å². The fraction of sp³-hybridized carbons (Fsp3) is 1.00. The Bertz CT molecular complexity index is 237. The van der Waals surface area contributed by atoms with Gasteiger partial charge in [0.15, 0.2) is 0 Å². The van der Waals surface area contributed by atoms with Crippen LogP contribution in [0.4, 0.5) is 0 Å². The van der Waals surface area contributed by atoms with Gasteiger partial charge in [0.2, 0.25) is 0 Å². The van der Waals surface area contributed by atoms with Crippen molar-refractivity contribution in [2.24, 2.45) is 16.6 Å². The lowest BCUT2D eigenvalue weighted by atomic mass is 9.75. The second-order valence-electron chi connectivity index (χ2n) is 7.13. The van der Waals surface area contributed by atoms with Crippen LogP contribution in [0.1, 0.15) is 47.5 Å². The zero-order valence-corrected chi connectivity index (χ0v) is 12.2. The second kappa shape index (κ2) is 5.25. The summed E-state index contributed by atoms with van der Waals surface area (Å²) in [5.41, 5.74) is 6.55. The van der Waals surface area contributed by atoms with Crippen LogP contribution >= 0.6 is 0 Å². The summed E-state index contributed by atoms with van der Waals surface area (Å²) >= 11 is 0. The minimum absolute atomic E-state index is 0.106. The van der Waals surface area contributed by atoms with Crippen LogP contribution in [0.25, 0.3) is 0 Å². The van der Waals surface area contributed by atoms with Crippen LogP contribution < -0.4 is 11.1 Å². The summed E-state index contributed by atoms with van der Waals surface area (Å²) in [4.78, 5) is 0. The molecule has 0 bridgehead atoms. The van der Waals surface area contributed by atoms with Gasteiger partial charge in [-0.15, -0.1) is 0 Å². The first kappa shape index (κ1) is 14.9. The minimum Gasteiger partial charge on any atom is -0.381 e. The molecule has 0 aliphatic carbocycles. The fourth-order valence-electron chi connectivity index (χ4n) is 1.95. The van der Waals surface area contributed by atoms with Gasteiger partial charge < -0.3 is 15.8 Å². The highest BCUT2D eigenvalue weighted by Crippen LogP contribution is 2.30. The molecule has 3 N–H and O–H groups in total. The number of ether oxygens (including phenoxy) is 1. The van der Waals surface area contributed by atoms with Crippen LogP contribution in [0.2, 0.25) is 0 Å². The van der Waals surface area contributed by atoms with E-state index in [1.807, 2.05) is 0 Å². The van der Waals surface area contributed by atoms with Crippen LogP contribution in [-0.2, 0) is 4.74 Å². The lowest BCUT2D eigenvalue weighted by molar-refractivity contribution is 0.0223. The molecule has 0 spiro atoms. The molecule has 3 nitrogen and oxygen atoms in total. The maximum atomic E-state index is 6.21. The van der Waals surface area contributed by atoms with Crippen LogP contribution in [0.3, 0.4) is 0 Å². The van der Waals surface area contributed by atoms with Crippen molar-refractivity contribution < 1.29 is 4.74 Å². The molecule has 0 amide bonds. The van der Waals surface area contributed by atoms with Crippen molar-refractivity contribution in [3.63, 3.8) is 0 Å². The molecule has 17 heavy (non-hydrogen) atoms. The van der Waals surface area contributed by atoms with Gasteiger partial charge in [0.05, 0.1) is 0 Å². The van der Waals surface area contributed by atoms with Gasteiger partial charge in [-0.1, -0.05) is 20.8 Å². The van der Waals surface area contributed by atoms with Crippen molar-refractivity contribution in [1.82, 2.24) is 5.32 Å². The van der Waals surface area contributed by atoms with Gasteiger partial charge in [-0.05, 0) is 37.5 Å². The van der Waals surface area contributed by atoms with Gasteiger partial charge in [-0.2, -0.15) is 0 Å². The lowest BCUT2D eigenvalue weighted by Crippen LogP contribution is -2.53. The summed E-state index contributed by atoms with van der Waals surface area (Å²) in [7, 11) is 0. The van der Waals surface area contributed by atoms with Crippen LogP contribution in [0.5, 0.6) is 0 Å². The first-order chi connectivity index (χ1) is 7.66. The van der Waals surface area contributed by atoms with E-state index in [2.05, 4.69) is 39.9 Å². The molecule has 1 heterocycles. The van der Waals surface area contributed by atoms with Crippen molar-refractivity contribution in [2.75, 3.05) is 26.3 Å². The summed E-state index contributed by atoms with van der Waals surface area (Å²) < 4.78 is 5.42. The van der Waals surface area contributed by atoms with E-state index in [4.69, 9.17) is 10.5 Å². The highest BCUT2D eigenvalue weighted by atomic mass is 16.5. The number of nitrogens with two attached hydrogens (primary N) is 1. The normalized spacial score (nSPS) is 21.5. The third kappa shape index (κ3) is 4.23. The molecule has 0 radical (unpaired) electrons. The van der Waals surface area contributed by atoms with Crippen molar-refractivity contribution >= 4 is 0 Å². The van der Waals surface area contributed by atoms with Gasteiger partial charge in [0, 0.05) is 31.8 Å². The van der Waals surface area contributed by atoms with Gasteiger partial charge >= 0.3 is 0 Å². The first-order valence-corrected chi connectivity index (χ1v) is 6.74. The van der Waals surface area contributed by atoms with Gasteiger partial charge in [-0.25, -0.2) is 0 Å². The third-order valence-electron chi connectivity index (χ3n) is 4.56. The largest absolute Gasteiger partial charge is 0.381 e. The summed E-state index contributed by atoms with van der Waals surface area (Å²) in [6, 6.07) is 0. The van der Waals surface area contributed by atoms with E-state index < -0.39 is 0 Å². The quantitative estimate of drug-likeness (QED) is 0.776. The van der Waals surface area contributed by atoms with E-state index in [-0.39, 0.29) is 11.0 Å². The summed E-state index contributed by atoms with van der Waals surface area (Å²) in [6.45, 7) is 14.9. The number of rotatable bonds is 5. The zero-order chi connectivity index (χ0) is 13.2. The van der Waals surface area contributed by atoms with Crippen LogP contribution in [0.15, 0.2) is 0 Å². The summed E-state index contributed by atoms with van der Waals surface area (Å²) in [5.74, 6) is 0. The Morgan fingerprint density at radius 3 is 2.18 bits per heavy atom. The van der Waals surface area contributed by atoms with E-state index in [0.29, 0.717) is 5.41 Å². The predicted molar refractivity (Wildman–Crippen MR) is 73.1 cm³/mol. The standard InChI is InChI=1S/C14H30N2O/c1-12(2,13(3,4)15)10-16-11-14(5)6-8-17-9-7-14/h16H,6-11,15H2,1-5H3. The first-order valence-electron chi connectivity index (χ1n) is 6.74. The predicted octanol–water partition coefficient (Wildman–Crippen LogP) is 2.16. The van der Waals surface area contributed by atoms with E-state index in [0.717, 1.165) is 39.1 Å². The monoisotopic (exact) mass is 242 g/mol. The maximum Gasteiger partial charge on any atom is 0.0471 e. The molecule has 0 aromatic carbocycles. The van der Waals surface area contributed by atoms with Gasteiger partial charge in [0.1, 0.15) is 0 Å². The highest BCUT2D eigenvalue weighted by Gasteiger charge is 2.34. The van der Waals surface area contributed by atoms with Crippen molar-refractivity contribution in [3.05, 3.63) is 0 Å². The Hall–Kier alpha value is -0.120. The van der Waals surface area contributed by atoms with Gasteiger partial charge in [0.25, 0.3) is 0 Å². The summed E-state index contributed by atoms with van der Waals surface area (Å²) in [6.07, 6.45) is 2.32. The number of hydrogen-bond acceptors (Lipinski definition) is 3. The Labute approximate surface area is 106 Å². The Morgan fingerprint density at radius 2 is 1.71 bits per heavy atom. The molecule has 1 fully saturated rings. The highest BCUT2D eigenvalue weighted by molar-refractivity contribution is 4.92.